The number of nitrogens with zero attached hydrogens (tertiary/aromatic N) is 2. The lowest BCUT2D eigenvalue weighted by atomic mass is 10.2. The zero-order valence-corrected chi connectivity index (χ0v) is 13.7. The number of hydrogen-bond donors (Lipinski definition) is 1. The molecule has 2 N–H and O–H groups in total. The van der Waals surface area contributed by atoms with Crippen molar-refractivity contribution in [2.45, 2.75) is 40.3 Å². The third kappa shape index (κ3) is 3.15. The first-order chi connectivity index (χ1) is 9.55. The molecular weight excluding hydrogens is 318 g/mol. The monoisotopic (exact) mass is 337 g/mol. The molecule has 0 aliphatic heterocycles. The molecule has 0 aliphatic rings. The summed E-state index contributed by atoms with van der Waals surface area (Å²) in [6, 6.07) is 5.95. The van der Waals surface area contributed by atoms with Gasteiger partial charge >= 0.3 is 0 Å². The van der Waals surface area contributed by atoms with E-state index in [9.17, 15) is 0 Å². The van der Waals surface area contributed by atoms with Gasteiger partial charge in [0.15, 0.2) is 0 Å². The Morgan fingerprint density at radius 1 is 1.30 bits per heavy atom. The predicted octanol–water partition coefficient (Wildman–Crippen LogP) is 3.70. The maximum absolute atomic E-state index is 6.01. The van der Waals surface area contributed by atoms with Gasteiger partial charge in [0.1, 0.15) is 12.4 Å². The minimum atomic E-state index is 0.480. The standard InChI is InChI=1S/C15H20BrN3O/c1-4-12-8-13(19(5-2)18-12)9-20-15-10(3)6-11(16)7-14(15)17/h6-8H,4-5,9,17H2,1-3H3. The summed E-state index contributed by atoms with van der Waals surface area (Å²) in [6.45, 7) is 7.49. The van der Waals surface area contributed by atoms with Crippen LogP contribution in [0.1, 0.15) is 30.8 Å². The first-order valence-corrected chi connectivity index (χ1v) is 7.58. The first kappa shape index (κ1) is 14.9. The topological polar surface area (TPSA) is 53.1 Å². The van der Waals surface area contributed by atoms with Crippen LogP contribution < -0.4 is 10.5 Å². The fourth-order valence-electron chi connectivity index (χ4n) is 2.18. The van der Waals surface area contributed by atoms with Gasteiger partial charge in [0.05, 0.1) is 17.1 Å². The van der Waals surface area contributed by atoms with E-state index >= 15 is 0 Å². The first-order valence-electron chi connectivity index (χ1n) is 6.79. The zero-order chi connectivity index (χ0) is 14.7. The highest BCUT2D eigenvalue weighted by atomic mass is 79.9. The lowest BCUT2D eigenvalue weighted by Gasteiger charge is -2.13. The van der Waals surface area contributed by atoms with Crippen LogP contribution in [0.15, 0.2) is 22.7 Å². The summed E-state index contributed by atoms with van der Waals surface area (Å²) < 4.78 is 8.84. The summed E-state index contributed by atoms with van der Waals surface area (Å²) in [5, 5.41) is 4.52. The van der Waals surface area contributed by atoms with Crippen molar-refractivity contribution in [2.75, 3.05) is 5.73 Å². The second-order valence-corrected chi connectivity index (χ2v) is 5.64. The number of halogens is 1. The number of aryl methyl sites for hydroxylation is 3. The zero-order valence-electron chi connectivity index (χ0n) is 12.1. The summed E-state index contributed by atoms with van der Waals surface area (Å²) in [5.41, 5.74) is 9.85. The number of hydrogen-bond acceptors (Lipinski definition) is 3. The van der Waals surface area contributed by atoms with E-state index < -0.39 is 0 Å². The van der Waals surface area contributed by atoms with Crippen molar-refractivity contribution in [1.82, 2.24) is 9.78 Å². The number of anilines is 1. The summed E-state index contributed by atoms with van der Waals surface area (Å²) >= 11 is 3.43. The summed E-state index contributed by atoms with van der Waals surface area (Å²) in [4.78, 5) is 0. The molecule has 0 aliphatic carbocycles. The van der Waals surface area contributed by atoms with Crippen molar-refractivity contribution in [1.29, 1.82) is 0 Å². The van der Waals surface area contributed by atoms with Gasteiger partial charge in [-0.1, -0.05) is 22.9 Å². The van der Waals surface area contributed by atoms with Crippen molar-refractivity contribution in [3.8, 4) is 5.75 Å². The van der Waals surface area contributed by atoms with Crippen LogP contribution in [-0.2, 0) is 19.6 Å². The maximum atomic E-state index is 6.01. The maximum Gasteiger partial charge on any atom is 0.145 e. The Bertz CT molecular complexity index is 584. The van der Waals surface area contributed by atoms with Gasteiger partial charge < -0.3 is 10.5 Å². The molecule has 0 saturated heterocycles. The van der Waals surface area contributed by atoms with Gasteiger partial charge in [0.25, 0.3) is 0 Å². The average molecular weight is 338 g/mol. The molecule has 1 aromatic carbocycles. The van der Waals surface area contributed by atoms with Gasteiger partial charge in [0.2, 0.25) is 0 Å². The second kappa shape index (κ2) is 6.31. The average Bonchev–Trinajstić information content (AvgIpc) is 2.80. The van der Waals surface area contributed by atoms with Crippen molar-refractivity contribution < 1.29 is 4.74 Å². The molecule has 2 aromatic rings. The molecule has 0 fully saturated rings. The molecule has 0 amide bonds. The van der Waals surface area contributed by atoms with E-state index in [0.29, 0.717) is 12.3 Å². The predicted molar refractivity (Wildman–Crippen MR) is 84.9 cm³/mol. The van der Waals surface area contributed by atoms with Gasteiger partial charge in [0, 0.05) is 11.0 Å². The highest BCUT2D eigenvalue weighted by Gasteiger charge is 2.10. The highest BCUT2D eigenvalue weighted by molar-refractivity contribution is 9.10. The molecule has 108 valence electrons. The molecule has 0 unspecified atom stereocenters. The normalized spacial score (nSPS) is 10.8. The highest BCUT2D eigenvalue weighted by Crippen LogP contribution is 2.30. The minimum Gasteiger partial charge on any atom is -0.485 e. The summed E-state index contributed by atoms with van der Waals surface area (Å²) in [5.74, 6) is 0.745. The largest absolute Gasteiger partial charge is 0.485 e. The van der Waals surface area contributed by atoms with Crippen LogP contribution in [0.4, 0.5) is 5.69 Å². The number of nitrogens with two attached hydrogens (primary N) is 1. The Balaban J connectivity index is 2.18. The molecule has 0 spiro atoms. The van der Waals surface area contributed by atoms with Gasteiger partial charge in [-0.05, 0) is 44.0 Å². The van der Waals surface area contributed by atoms with E-state index in [1.54, 1.807) is 0 Å². The van der Waals surface area contributed by atoms with Crippen molar-refractivity contribution in [2.24, 2.45) is 0 Å². The van der Waals surface area contributed by atoms with Gasteiger partial charge in [-0.2, -0.15) is 5.10 Å². The van der Waals surface area contributed by atoms with E-state index in [1.165, 1.54) is 0 Å². The Morgan fingerprint density at radius 2 is 2.05 bits per heavy atom. The van der Waals surface area contributed by atoms with E-state index in [-0.39, 0.29) is 0 Å². The van der Waals surface area contributed by atoms with Crippen LogP contribution in [0.2, 0.25) is 0 Å². The third-order valence-corrected chi connectivity index (χ3v) is 3.67. The lowest BCUT2D eigenvalue weighted by Crippen LogP contribution is -2.07. The van der Waals surface area contributed by atoms with E-state index in [4.69, 9.17) is 10.5 Å². The fourth-order valence-corrected chi connectivity index (χ4v) is 2.77. The summed E-state index contributed by atoms with van der Waals surface area (Å²) in [6.07, 6.45) is 0.930. The molecule has 0 saturated carbocycles. The number of ether oxygens (including phenoxy) is 1. The van der Waals surface area contributed by atoms with Crippen molar-refractivity contribution >= 4 is 21.6 Å². The van der Waals surface area contributed by atoms with Crippen LogP contribution in [0.5, 0.6) is 5.75 Å². The quantitative estimate of drug-likeness (QED) is 0.846. The van der Waals surface area contributed by atoms with Crippen LogP contribution in [0, 0.1) is 6.92 Å². The van der Waals surface area contributed by atoms with E-state index in [2.05, 4.69) is 40.9 Å². The molecule has 1 aromatic heterocycles. The van der Waals surface area contributed by atoms with Crippen molar-refractivity contribution in [3.63, 3.8) is 0 Å². The van der Waals surface area contributed by atoms with Crippen molar-refractivity contribution in [3.05, 3.63) is 39.6 Å². The Morgan fingerprint density at radius 3 is 2.65 bits per heavy atom. The van der Waals surface area contributed by atoms with Gasteiger partial charge in [-0.25, -0.2) is 0 Å². The number of aromatic nitrogens is 2. The third-order valence-electron chi connectivity index (χ3n) is 3.21. The van der Waals surface area contributed by atoms with Crippen LogP contribution in [0.25, 0.3) is 0 Å². The molecule has 1 heterocycles. The second-order valence-electron chi connectivity index (χ2n) is 4.73. The molecule has 4 nitrogen and oxygen atoms in total. The number of rotatable bonds is 5. The van der Waals surface area contributed by atoms with Gasteiger partial charge in [-0.15, -0.1) is 0 Å². The van der Waals surface area contributed by atoms with E-state index in [0.717, 1.165) is 40.1 Å². The fraction of sp³-hybridized carbons (Fsp3) is 0.400. The Kier molecular flexibility index (Phi) is 4.70. The molecule has 20 heavy (non-hydrogen) atoms. The minimum absolute atomic E-state index is 0.480. The summed E-state index contributed by atoms with van der Waals surface area (Å²) in [7, 11) is 0. The molecule has 0 atom stereocenters. The molecule has 2 rings (SSSR count). The molecule has 5 heteroatoms. The smallest absolute Gasteiger partial charge is 0.145 e. The Hall–Kier alpha value is -1.49. The van der Waals surface area contributed by atoms with E-state index in [1.807, 2.05) is 23.7 Å². The van der Waals surface area contributed by atoms with Crippen LogP contribution in [-0.4, -0.2) is 9.78 Å². The van der Waals surface area contributed by atoms with Gasteiger partial charge in [-0.3, -0.25) is 4.68 Å². The molecule has 0 bridgehead atoms. The Labute approximate surface area is 128 Å². The van der Waals surface area contributed by atoms with Crippen LogP contribution >= 0.6 is 15.9 Å². The number of benzene rings is 1. The molecule has 0 radical (unpaired) electrons. The lowest BCUT2D eigenvalue weighted by molar-refractivity contribution is 0.292. The van der Waals surface area contributed by atoms with Crippen LogP contribution in [0.3, 0.4) is 0 Å². The molecular formula is C15H20BrN3O. The number of nitrogen functional groups attached to an aromatic ring is 1. The SMILES string of the molecule is CCc1cc(COc2c(C)cc(Br)cc2N)n(CC)n1.